The second-order valence-electron chi connectivity index (χ2n) is 9.32. The van der Waals surface area contributed by atoms with Gasteiger partial charge in [-0.25, -0.2) is 4.98 Å². The summed E-state index contributed by atoms with van der Waals surface area (Å²) < 4.78 is 40.7. The molecule has 1 heterocycles. The predicted molar refractivity (Wildman–Crippen MR) is 137 cm³/mol. The Morgan fingerprint density at radius 1 is 1.13 bits per heavy atom. The van der Waals surface area contributed by atoms with Gasteiger partial charge in [0.05, 0.1) is 23.8 Å². The van der Waals surface area contributed by atoms with Gasteiger partial charge >= 0.3 is 6.18 Å². The standard InChI is InChI=1S/C28H30F3N5O2/c1-18(2)24(35(15-7-14-32)26(37)21-10-12-22(13-11-21)28(29,30)31)25-34-19(3)23(16-33)27(38)36(25)17-20-8-5-4-6-9-20/h4-6,8-13,18,24H,7,14-15,17,32H2,1-3H3. The number of rotatable bonds is 9. The Kier molecular flexibility index (Phi) is 9.07. The molecule has 1 aromatic heterocycles. The van der Waals surface area contributed by atoms with Gasteiger partial charge in [-0.15, -0.1) is 0 Å². The van der Waals surface area contributed by atoms with Crippen molar-refractivity contribution in [3.05, 3.63) is 98.7 Å². The van der Waals surface area contributed by atoms with Gasteiger partial charge in [0, 0.05) is 12.1 Å². The minimum Gasteiger partial charge on any atom is -0.330 e. The van der Waals surface area contributed by atoms with E-state index in [1.165, 1.54) is 9.47 Å². The fourth-order valence-electron chi connectivity index (χ4n) is 4.35. The van der Waals surface area contributed by atoms with Crippen molar-refractivity contribution in [1.82, 2.24) is 14.5 Å². The first kappa shape index (κ1) is 28.6. The van der Waals surface area contributed by atoms with Gasteiger partial charge in [-0.2, -0.15) is 18.4 Å². The predicted octanol–water partition coefficient (Wildman–Crippen LogP) is 4.68. The van der Waals surface area contributed by atoms with Crippen molar-refractivity contribution in [1.29, 1.82) is 5.26 Å². The molecule has 1 amide bonds. The molecule has 0 fully saturated rings. The normalized spacial score (nSPS) is 12.3. The van der Waals surface area contributed by atoms with Gasteiger partial charge in [0.2, 0.25) is 0 Å². The molecule has 0 aliphatic rings. The lowest BCUT2D eigenvalue weighted by Gasteiger charge is -2.35. The van der Waals surface area contributed by atoms with Gasteiger partial charge in [-0.3, -0.25) is 14.2 Å². The minimum atomic E-state index is -4.53. The number of nitrogens with zero attached hydrogens (tertiary/aromatic N) is 4. The van der Waals surface area contributed by atoms with E-state index in [-0.39, 0.29) is 42.4 Å². The number of alkyl halides is 3. The maximum atomic E-state index is 13.7. The number of hydrogen-bond acceptors (Lipinski definition) is 5. The van der Waals surface area contributed by atoms with Crippen LogP contribution in [0.5, 0.6) is 0 Å². The highest BCUT2D eigenvalue weighted by atomic mass is 19.4. The Morgan fingerprint density at radius 3 is 2.29 bits per heavy atom. The number of aryl methyl sites for hydroxylation is 1. The van der Waals surface area contributed by atoms with E-state index in [1.807, 2.05) is 50.2 Å². The molecule has 0 aliphatic heterocycles. The molecular formula is C28H30F3N5O2. The largest absolute Gasteiger partial charge is 0.416 e. The molecule has 38 heavy (non-hydrogen) atoms. The third-order valence-electron chi connectivity index (χ3n) is 6.23. The number of carbonyl (C=O) groups excluding carboxylic acids is 1. The van der Waals surface area contributed by atoms with Gasteiger partial charge < -0.3 is 10.6 Å². The Morgan fingerprint density at radius 2 is 1.76 bits per heavy atom. The molecule has 0 bridgehead atoms. The average Bonchev–Trinajstić information content (AvgIpc) is 2.88. The molecule has 200 valence electrons. The summed E-state index contributed by atoms with van der Waals surface area (Å²) in [7, 11) is 0. The maximum Gasteiger partial charge on any atom is 0.416 e. The molecule has 1 unspecified atom stereocenters. The number of nitriles is 1. The Balaban J connectivity index is 2.18. The fourth-order valence-corrected chi connectivity index (χ4v) is 4.35. The van der Waals surface area contributed by atoms with Gasteiger partial charge in [0.1, 0.15) is 17.5 Å². The minimum absolute atomic E-state index is 0.0722. The van der Waals surface area contributed by atoms with E-state index in [0.717, 1.165) is 29.8 Å². The Hall–Kier alpha value is -3.97. The molecule has 0 saturated carbocycles. The molecular weight excluding hydrogens is 495 g/mol. The second-order valence-corrected chi connectivity index (χ2v) is 9.32. The summed E-state index contributed by atoms with van der Waals surface area (Å²) in [6.45, 7) is 5.89. The smallest absolute Gasteiger partial charge is 0.330 e. The summed E-state index contributed by atoms with van der Waals surface area (Å²) in [5.41, 5.74) is 5.39. The molecule has 2 aromatic carbocycles. The summed E-state index contributed by atoms with van der Waals surface area (Å²) in [5, 5.41) is 9.61. The van der Waals surface area contributed by atoms with Crippen LogP contribution in [0.2, 0.25) is 0 Å². The number of amides is 1. The highest BCUT2D eigenvalue weighted by Gasteiger charge is 2.34. The van der Waals surface area contributed by atoms with Crippen LogP contribution in [0.25, 0.3) is 0 Å². The number of aromatic nitrogens is 2. The van der Waals surface area contributed by atoms with Crippen molar-refractivity contribution in [2.24, 2.45) is 11.7 Å². The third-order valence-corrected chi connectivity index (χ3v) is 6.23. The van der Waals surface area contributed by atoms with Crippen molar-refractivity contribution >= 4 is 5.91 Å². The molecule has 0 spiro atoms. The van der Waals surface area contributed by atoms with Crippen molar-refractivity contribution in [2.45, 2.75) is 46.0 Å². The lowest BCUT2D eigenvalue weighted by molar-refractivity contribution is -0.137. The summed E-state index contributed by atoms with van der Waals surface area (Å²) in [6.07, 6.45) is -4.10. The summed E-state index contributed by atoms with van der Waals surface area (Å²) in [4.78, 5) is 33.3. The van der Waals surface area contributed by atoms with E-state index in [9.17, 15) is 28.0 Å². The quantitative estimate of drug-likeness (QED) is 0.437. The summed E-state index contributed by atoms with van der Waals surface area (Å²) in [6, 6.07) is 14.4. The van der Waals surface area contributed by atoms with Crippen LogP contribution in [0.15, 0.2) is 59.4 Å². The van der Waals surface area contributed by atoms with E-state index >= 15 is 0 Å². The van der Waals surface area contributed by atoms with E-state index in [1.54, 1.807) is 6.92 Å². The zero-order chi connectivity index (χ0) is 28.0. The fraction of sp³-hybridized carbons (Fsp3) is 0.357. The van der Waals surface area contributed by atoms with Crippen LogP contribution in [0, 0.1) is 24.2 Å². The molecule has 3 aromatic rings. The first-order valence-corrected chi connectivity index (χ1v) is 12.2. The molecule has 10 heteroatoms. The van der Waals surface area contributed by atoms with Crippen molar-refractivity contribution < 1.29 is 18.0 Å². The molecule has 0 saturated heterocycles. The van der Waals surface area contributed by atoms with Crippen LogP contribution >= 0.6 is 0 Å². The van der Waals surface area contributed by atoms with E-state index in [2.05, 4.69) is 4.98 Å². The maximum absolute atomic E-state index is 13.7. The average molecular weight is 526 g/mol. The Labute approximate surface area is 219 Å². The molecule has 3 rings (SSSR count). The van der Waals surface area contributed by atoms with Crippen molar-refractivity contribution in [2.75, 3.05) is 13.1 Å². The lowest BCUT2D eigenvalue weighted by atomic mass is 9.98. The van der Waals surface area contributed by atoms with Gasteiger partial charge in [0.25, 0.3) is 11.5 Å². The first-order valence-electron chi connectivity index (χ1n) is 12.2. The van der Waals surface area contributed by atoms with Gasteiger partial charge in [-0.1, -0.05) is 44.2 Å². The van der Waals surface area contributed by atoms with Crippen LogP contribution in [0.1, 0.15) is 64.9 Å². The monoisotopic (exact) mass is 525 g/mol. The molecule has 0 aliphatic carbocycles. The van der Waals surface area contributed by atoms with Crippen LogP contribution < -0.4 is 11.3 Å². The highest BCUT2D eigenvalue weighted by molar-refractivity contribution is 5.94. The molecule has 7 nitrogen and oxygen atoms in total. The first-order chi connectivity index (χ1) is 18.0. The summed E-state index contributed by atoms with van der Waals surface area (Å²) in [5.74, 6) is -0.455. The SMILES string of the molecule is Cc1nc(C(C(C)C)N(CCCN)C(=O)c2ccc(C(F)(F)F)cc2)n(Cc2ccccc2)c(=O)c1C#N. The number of benzene rings is 2. The van der Waals surface area contributed by atoms with Gasteiger partial charge in [0.15, 0.2) is 0 Å². The number of halogens is 3. The van der Waals surface area contributed by atoms with Gasteiger partial charge in [-0.05, 0) is 55.6 Å². The van der Waals surface area contributed by atoms with E-state index in [0.29, 0.717) is 12.2 Å². The topological polar surface area (TPSA) is 105 Å². The van der Waals surface area contributed by atoms with Crippen LogP contribution in [0.4, 0.5) is 13.2 Å². The van der Waals surface area contributed by atoms with Crippen molar-refractivity contribution in [3.63, 3.8) is 0 Å². The highest BCUT2D eigenvalue weighted by Crippen LogP contribution is 2.32. The molecule has 0 radical (unpaired) electrons. The molecule has 1 atom stereocenters. The number of nitrogens with two attached hydrogens (primary N) is 1. The number of carbonyl (C=O) groups is 1. The van der Waals surface area contributed by atoms with E-state index < -0.39 is 29.2 Å². The van der Waals surface area contributed by atoms with Crippen LogP contribution in [-0.4, -0.2) is 33.4 Å². The molecule has 2 N–H and O–H groups in total. The van der Waals surface area contributed by atoms with Crippen molar-refractivity contribution in [3.8, 4) is 6.07 Å². The van der Waals surface area contributed by atoms with Crippen LogP contribution in [0.3, 0.4) is 0 Å². The zero-order valence-electron chi connectivity index (χ0n) is 21.5. The number of hydrogen-bond donors (Lipinski definition) is 1. The van der Waals surface area contributed by atoms with Crippen LogP contribution in [-0.2, 0) is 12.7 Å². The second kappa shape index (κ2) is 12.0. The zero-order valence-corrected chi connectivity index (χ0v) is 21.5. The lowest BCUT2D eigenvalue weighted by Crippen LogP contribution is -2.43. The van der Waals surface area contributed by atoms with E-state index in [4.69, 9.17) is 5.73 Å². The third kappa shape index (κ3) is 6.29. The Bertz CT molecular complexity index is 1360. The summed E-state index contributed by atoms with van der Waals surface area (Å²) >= 11 is 0.